The van der Waals surface area contributed by atoms with Crippen LogP contribution in [0.3, 0.4) is 0 Å². The summed E-state index contributed by atoms with van der Waals surface area (Å²) in [5.41, 5.74) is 0.484. The summed E-state index contributed by atoms with van der Waals surface area (Å²) in [5, 5.41) is 6.07. The Bertz CT molecular complexity index is 1520. The number of furan rings is 1. The van der Waals surface area contributed by atoms with E-state index in [1.54, 1.807) is 24.3 Å². The molecule has 12 heteroatoms. The first kappa shape index (κ1) is 29.2. The summed E-state index contributed by atoms with van der Waals surface area (Å²) in [5.74, 6) is -1.68. The summed E-state index contributed by atoms with van der Waals surface area (Å²) in [7, 11) is -2.57. The van der Waals surface area contributed by atoms with Crippen molar-refractivity contribution in [3.63, 3.8) is 0 Å². The zero-order valence-corrected chi connectivity index (χ0v) is 23.3. The number of amides is 2. The number of halogens is 1. The van der Waals surface area contributed by atoms with Gasteiger partial charge in [-0.3, -0.25) is 14.4 Å². The number of rotatable bonds is 9. The normalized spacial score (nSPS) is 17.4. The molecule has 2 atom stereocenters. The maximum absolute atomic E-state index is 13.6. The average molecular weight is 574 g/mol. The highest BCUT2D eigenvalue weighted by atomic mass is 32.2. The highest BCUT2D eigenvalue weighted by Gasteiger charge is 2.34. The number of nitrogens with zero attached hydrogens (tertiary/aromatic N) is 1. The highest BCUT2D eigenvalue weighted by molar-refractivity contribution is 7.89. The number of benzene rings is 2. The molecule has 1 aliphatic rings. The minimum Gasteiger partial charge on any atom is -0.497 e. The van der Waals surface area contributed by atoms with Crippen LogP contribution in [0.2, 0.25) is 0 Å². The molecule has 40 heavy (non-hydrogen) atoms. The SMILES string of the molecule is COc1ccc2oc(C(=O)N[C@@H](CC(C)C)C(=O)NC3CCCN(S(=O)(=O)c4cccc(F)c4)CC3=O)cc2c1. The van der Waals surface area contributed by atoms with E-state index in [1.807, 2.05) is 13.8 Å². The van der Waals surface area contributed by atoms with E-state index in [1.165, 1.54) is 19.2 Å². The van der Waals surface area contributed by atoms with E-state index in [4.69, 9.17) is 9.15 Å². The number of carbonyl (C=O) groups excluding carboxylic acids is 3. The van der Waals surface area contributed by atoms with Crippen LogP contribution in [0.5, 0.6) is 5.75 Å². The van der Waals surface area contributed by atoms with Crippen molar-refractivity contribution in [1.29, 1.82) is 0 Å². The molecule has 0 saturated carbocycles. The number of sulfonamides is 1. The van der Waals surface area contributed by atoms with Crippen LogP contribution in [0.25, 0.3) is 11.0 Å². The lowest BCUT2D eigenvalue weighted by atomic mass is 10.0. The van der Waals surface area contributed by atoms with Crippen LogP contribution >= 0.6 is 0 Å². The molecule has 2 aromatic carbocycles. The summed E-state index contributed by atoms with van der Waals surface area (Å²) in [6.07, 6.45) is 0.814. The van der Waals surface area contributed by atoms with Gasteiger partial charge in [-0.2, -0.15) is 4.31 Å². The fourth-order valence-electron chi connectivity index (χ4n) is 4.60. The summed E-state index contributed by atoms with van der Waals surface area (Å²) in [4.78, 5) is 39.1. The van der Waals surface area contributed by atoms with Crippen LogP contribution in [0, 0.1) is 11.7 Å². The average Bonchev–Trinajstić information content (AvgIpc) is 3.25. The van der Waals surface area contributed by atoms with Crippen LogP contribution in [-0.2, 0) is 19.6 Å². The van der Waals surface area contributed by atoms with Gasteiger partial charge in [-0.05, 0) is 67.6 Å². The second kappa shape index (κ2) is 12.2. The third-order valence-corrected chi connectivity index (χ3v) is 8.49. The Balaban J connectivity index is 1.45. The Labute approximate surface area is 231 Å². The molecule has 2 heterocycles. The van der Waals surface area contributed by atoms with Gasteiger partial charge < -0.3 is 19.8 Å². The van der Waals surface area contributed by atoms with Crippen LogP contribution in [0.15, 0.2) is 57.8 Å². The number of nitrogens with one attached hydrogen (secondary N) is 2. The number of Topliss-reactive ketones (excluding diaryl/α,β-unsaturated/α-hetero) is 1. The molecule has 1 unspecified atom stereocenters. The van der Waals surface area contributed by atoms with E-state index in [-0.39, 0.29) is 29.5 Å². The molecule has 2 amide bonds. The van der Waals surface area contributed by atoms with Gasteiger partial charge in [-0.15, -0.1) is 0 Å². The second-order valence-corrected chi connectivity index (χ2v) is 12.1. The Morgan fingerprint density at radius 1 is 1.18 bits per heavy atom. The molecular formula is C28H32FN3O7S. The summed E-state index contributed by atoms with van der Waals surface area (Å²) < 4.78 is 51.5. The number of ether oxygens (including phenoxy) is 1. The largest absolute Gasteiger partial charge is 0.497 e. The van der Waals surface area contributed by atoms with Gasteiger partial charge in [0.25, 0.3) is 5.91 Å². The van der Waals surface area contributed by atoms with Crippen LogP contribution in [-0.4, -0.2) is 62.6 Å². The molecular weight excluding hydrogens is 541 g/mol. The van der Waals surface area contributed by atoms with E-state index < -0.39 is 52.1 Å². The molecule has 0 radical (unpaired) electrons. The third-order valence-electron chi connectivity index (χ3n) is 6.65. The van der Waals surface area contributed by atoms with Crippen molar-refractivity contribution in [2.75, 3.05) is 20.2 Å². The Morgan fingerprint density at radius 2 is 1.95 bits per heavy atom. The van der Waals surface area contributed by atoms with E-state index >= 15 is 0 Å². The summed E-state index contributed by atoms with van der Waals surface area (Å²) >= 11 is 0. The van der Waals surface area contributed by atoms with Crippen LogP contribution in [0.4, 0.5) is 4.39 Å². The highest BCUT2D eigenvalue weighted by Crippen LogP contribution is 2.25. The van der Waals surface area contributed by atoms with Gasteiger partial charge in [0, 0.05) is 11.9 Å². The van der Waals surface area contributed by atoms with Gasteiger partial charge in [0.05, 0.1) is 24.6 Å². The summed E-state index contributed by atoms with van der Waals surface area (Å²) in [6, 6.07) is 9.36. The molecule has 1 fully saturated rings. The number of ketones is 1. The number of hydrogen-bond acceptors (Lipinski definition) is 7. The topological polar surface area (TPSA) is 135 Å². The molecule has 0 spiro atoms. The predicted octanol–water partition coefficient (Wildman–Crippen LogP) is 3.26. The van der Waals surface area contributed by atoms with E-state index in [9.17, 15) is 27.2 Å². The molecule has 1 saturated heterocycles. The fourth-order valence-corrected chi connectivity index (χ4v) is 6.07. The second-order valence-electron chi connectivity index (χ2n) is 10.1. The monoisotopic (exact) mass is 573 g/mol. The Kier molecular flexibility index (Phi) is 8.89. The number of fused-ring (bicyclic) bond motifs is 1. The van der Waals surface area contributed by atoms with Crippen molar-refractivity contribution >= 4 is 38.6 Å². The van der Waals surface area contributed by atoms with Crippen molar-refractivity contribution in [1.82, 2.24) is 14.9 Å². The van der Waals surface area contributed by atoms with Crippen molar-refractivity contribution < 1.29 is 36.3 Å². The standard InChI is InChI=1S/C28H32FN3O7S/c1-17(2)12-23(31-28(35)26-14-18-13-20(38-3)9-10-25(18)39-26)27(34)30-22-8-5-11-32(16-24(22)33)40(36,37)21-7-4-6-19(29)15-21/h4,6-7,9-10,13-15,17,22-23H,5,8,11-12,16H2,1-3H3,(H,30,34)(H,31,35)/t22?,23-/m0/s1. The lowest BCUT2D eigenvalue weighted by Crippen LogP contribution is -2.52. The molecule has 4 rings (SSSR count). The number of hydrogen-bond donors (Lipinski definition) is 2. The first-order valence-electron chi connectivity index (χ1n) is 12.9. The maximum atomic E-state index is 13.6. The minimum atomic E-state index is -4.10. The Morgan fingerprint density at radius 3 is 2.65 bits per heavy atom. The maximum Gasteiger partial charge on any atom is 0.287 e. The van der Waals surface area contributed by atoms with E-state index in [2.05, 4.69) is 10.6 Å². The quantitative estimate of drug-likeness (QED) is 0.401. The van der Waals surface area contributed by atoms with Crippen molar-refractivity contribution in [2.45, 2.75) is 50.1 Å². The number of methoxy groups -OCH3 is 1. The zero-order chi connectivity index (χ0) is 29.0. The van der Waals surface area contributed by atoms with Crippen LogP contribution < -0.4 is 15.4 Å². The minimum absolute atomic E-state index is 0.0218. The van der Waals surface area contributed by atoms with Crippen molar-refractivity contribution in [2.24, 2.45) is 5.92 Å². The smallest absolute Gasteiger partial charge is 0.287 e. The molecule has 10 nitrogen and oxygen atoms in total. The summed E-state index contributed by atoms with van der Waals surface area (Å²) in [6.45, 7) is 3.37. The van der Waals surface area contributed by atoms with Gasteiger partial charge in [-0.25, -0.2) is 12.8 Å². The molecule has 3 aromatic rings. The first-order valence-corrected chi connectivity index (χ1v) is 14.4. The van der Waals surface area contributed by atoms with Gasteiger partial charge in [0.15, 0.2) is 11.5 Å². The number of carbonyl (C=O) groups is 3. The van der Waals surface area contributed by atoms with Crippen LogP contribution in [0.1, 0.15) is 43.7 Å². The fraction of sp³-hybridized carbons (Fsp3) is 0.393. The lowest BCUT2D eigenvalue weighted by Gasteiger charge is -2.23. The third kappa shape index (κ3) is 6.68. The van der Waals surface area contributed by atoms with Gasteiger partial charge in [-0.1, -0.05) is 19.9 Å². The van der Waals surface area contributed by atoms with Crippen molar-refractivity contribution in [3.8, 4) is 5.75 Å². The van der Waals surface area contributed by atoms with Gasteiger partial charge >= 0.3 is 0 Å². The molecule has 0 bridgehead atoms. The lowest BCUT2D eigenvalue weighted by molar-refractivity contribution is -0.129. The molecule has 1 aliphatic heterocycles. The molecule has 214 valence electrons. The first-order chi connectivity index (χ1) is 19.0. The van der Waals surface area contributed by atoms with E-state index in [0.717, 1.165) is 16.4 Å². The molecule has 0 aliphatic carbocycles. The van der Waals surface area contributed by atoms with E-state index in [0.29, 0.717) is 29.6 Å². The van der Waals surface area contributed by atoms with Gasteiger partial charge in [0.1, 0.15) is 23.2 Å². The van der Waals surface area contributed by atoms with Gasteiger partial charge in [0.2, 0.25) is 15.9 Å². The predicted molar refractivity (Wildman–Crippen MR) is 145 cm³/mol. The molecule has 2 N–H and O–H groups in total. The Hall–Kier alpha value is -3.77. The molecule has 1 aromatic heterocycles. The zero-order valence-electron chi connectivity index (χ0n) is 22.5. The van der Waals surface area contributed by atoms with Crippen molar-refractivity contribution in [3.05, 3.63) is 60.1 Å².